The van der Waals surface area contributed by atoms with E-state index in [2.05, 4.69) is 32.2 Å². The molecule has 4 N–H and O–H groups in total. The van der Waals surface area contributed by atoms with Crippen molar-refractivity contribution >= 4 is 22.5 Å². The maximum absolute atomic E-state index is 13.9. The number of carbonyl (C=O) groups excluding carboxylic acids is 1. The number of morpholine rings is 1. The standard InChI is InChI=1S/C26H33N5O4/c32-10-4-26(5-11-33)20-15-21-19(18-3-1-2-17-16-27-29-23(17)24(18)28-21)14-22(20)31(25(26)34)7-6-30-8-12-35-13-9-30/h14-16,28,32-33H,1-13H2,(H,27,29). The molecule has 0 spiro atoms. The second-order valence-corrected chi connectivity index (χ2v) is 9.96. The number of carbonyl (C=O) groups is 1. The number of aromatic amines is 2. The lowest BCUT2D eigenvalue weighted by Gasteiger charge is -2.30. The third-order valence-corrected chi connectivity index (χ3v) is 8.14. The van der Waals surface area contributed by atoms with Gasteiger partial charge in [0.2, 0.25) is 5.91 Å². The highest BCUT2D eigenvalue weighted by Crippen LogP contribution is 2.49. The average molecular weight is 480 g/mol. The number of hydrogen-bond donors (Lipinski definition) is 4. The summed E-state index contributed by atoms with van der Waals surface area (Å²) in [6.45, 7) is 4.29. The molecular weight excluding hydrogens is 446 g/mol. The lowest BCUT2D eigenvalue weighted by Crippen LogP contribution is -2.46. The Kier molecular flexibility index (Phi) is 5.88. The van der Waals surface area contributed by atoms with Crippen LogP contribution in [0.2, 0.25) is 0 Å². The first kappa shape index (κ1) is 22.7. The minimum atomic E-state index is -0.917. The van der Waals surface area contributed by atoms with Gasteiger partial charge >= 0.3 is 0 Å². The first-order chi connectivity index (χ1) is 17.2. The van der Waals surface area contributed by atoms with Gasteiger partial charge in [0.25, 0.3) is 0 Å². The zero-order valence-electron chi connectivity index (χ0n) is 20.0. The van der Waals surface area contributed by atoms with E-state index in [9.17, 15) is 15.0 Å². The van der Waals surface area contributed by atoms with E-state index in [1.807, 2.05) is 11.1 Å². The summed E-state index contributed by atoms with van der Waals surface area (Å²) in [5.41, 5.74) is 6.49. The predicted octanol–water partition coefficient (Wildman–Crippen LogP) is 1.73. The Morgan fingerprint density at radius 3 is 2.63 bits per heavy atom. The zero-order chi connectivity index (χ0) is 24.0. The second kappa shape index (κ2) is 9.05. The Bertz CT molecular complexity index is 1240. The number of aliphatic hydroxyl groups excluding tert-OH is 2. The van der Waals surface area contributed by atoms with Crippen molar-refractivity contribution in [1.82, 2.24) is 20.1 Å². The highest BCUT2D eigenvalue weighted by molar-refractivity contribution is 6.11. The smallest absolute Gasteiger partial charge is 0.237 e. The SMILES string of the molecule is O=C1N(CCN2CCOCC2)c2cc3c4c([nH]c3cc2C1(CCO)CCO)-c1[nH]ncc1CCC4. The molecule has 6 rings (SSSR count). The van der Waals surface area contributed by atoms with Gasteiger partial charge < -0.3 is 24.8 Å². The van der Waals surface area contributed by atoms with Crippen LogP contribution in [0, 0.1) is 0 Å². The zero-order valence-corrected chi connectivity index (χ0v) is 20.0. The molecule has 2 aromatic heterocycles. The van der Waals surface area contributed by atoms with Crippen LogP contribution >= 0.6 is 0 Å². The molecule has 0 atom stereocenters. The van der Waals surface area contributed by atoms with E-state index in [-0.39, 0.29) is 19.1 Å². The highest BCUT2D eigenvalue weighted by atomic mass is 16.5. The van der Waals surface area contributed by atoms with E-state index in [0.29, 0.717) is 19.4 Å². The van der Waals surface area contributed by atoms with Gasteiger partial charge in [-0.15, -0.1) is 0 Å². The number of anilines is 1. The van der Waals surface area contributed by atoms with E-state index in [4.69, 9.17) is 4.74 Å². The number of rotatable bonds is 7. The van der Waals surface area contributed by atoms with Gasteiger partial charge in [-0.2, -0.15) is 5.10 Å². The minimum absolute atomic E-state index is 0.0153. The van der Waals surface area contributed by atoms with Gasteiger partial charge in [0.15, 0.2) is 0 Å². The van der Waals surface area contributed by atoms with Gasteiger partial charge in [-0.3, -0.25) is 14.8 Å². The number of aliphatic hydroxyl groups is 2. The third kappa shape index (κ3) is 3.60. The summed E-state index contributed by atoms with van der Waals surface area (Å²) < 4.78 is 5.48. The lowest BCUT2D eigenvalue weighted by atomic mass is 9.76. The number of fused-ring (bicyclic) bond motifs is 6. The van der Waals surface area contributed by atoms with E-state index in [1.54, 1.807) is 0 Å². The third-order valence-electron chi connectivity index (χ3n) is 8.14. The summed E-state index contributed by atoms with van der Waals surface area (Å²) in [5, 5.41) is 28.5. The average Bonchev–Trinajstić information content (AvgIpc) is 3.50. The fourth-order valence-corrected chi connectivity index (χ4v) is 6.30. The molecule has 35 heavy (non-hydrogen) atoms. The summed E-state index contributed by atoms with van der Waals surface area (Å²) in [7, 11) is 0. The first-order valence-electron chi connectivity index (χ1n) is 12.7. The molecule has 1 fully saturated rings. The van der Waals surface area contributed by atoms with Crippen LogP contribution in [0.3, 0.4) is 0 Å². The molecule has 3 aromatic rings. The summed E-state index contributed by atoms with van der Waals surface area (Å²) >= 11 is 0. The Morgan fingerprint density at radius 2 is 1.86 bits per heavy atom. The molecule has 186 valence electrons. The molecule has 9 nitrogen and oxygen atoms in total. The van der Waals surface area contributed by atoms with Crippen LogP contribution in [-0.2, 0) is 27.8 Å². The maximum Gasteiger partial charge on any atom is 0.237 e. The van der Waals surface area contributed by atoms with Crippen molar-refractivity contribution in [2.45, 2.75) is 37.5 Å². The molecule has 1 amide bonds. The lowest BCUT2D eigenvalue weighted by molar-refractivity contribution is -0.124. The Hall–Kier alpha value is -2.72. The minimum Gasteiger partial charge on any atom is -0.396 e. The fraction of sp³-hybridized carbons (Fsp3) is 0.538. The first-order valence-corrected chi connectivity index (χ1v) is 12.7. The molecule has 0 saturated carbocycles. The topological polar surface area (TPSA) is 118 Å². The van der Waals surface area contributed by atoms with Gasteiger partial charge in [-0.25, -0.2) is 0 Å². The fourth-order valence-electron chi connectivity index (χ4n) is 6.30. The number of aryl methyl sites for hydroxylation is 2. The van der Waals surface area contributed by atoms with E-state index < -0.39 is 5.41 Å². The number of hydrogen-bond acceptors (Lipinski definition) is 6. The van der Waals surface area contributed by atoms with Gasteiger partial charge in [-0.05, 0) is 60.9 Å². The molecule has 4 heterocycles. The van der Waals surface area contributed by atoms with Crippen molar-refractivity contribution in [3.63, 3.8) is 0 Å². The monoisotopic (exact) mass is 479 g/mol. The van der Waals surface area contributed by atoms with Crippen LogP contribution < -0.4 is 4.90 Å². The molecule has 0 bridgehead atoms. The van der Waals surface area contributed by atoms with E-state index in [0.717, 1.165) is 85.7 Å². The molecule has 2 aliphatic heterocycles. The van der Waals surface area contributed by atoms with Crippen LogP contribution in [0.25, 0.3) is 22.3 Å². The molecule has 1 aromatic carbocycles. The van der Waals surface area contributed by atoms with Crippen LogP contribution in [0.5, 0.6) is 0 Å². The van der Waals surface area contributed by atoms with Crippen molar-refractivity contribution in [2.24, 2.45) is 0 Å². The van der Waals surface area contributed by atoms with Crippen LogP contribution in [0.4, 0.5) is 5.69 Å². The van der Waals surface area contributed by atoms with E-state index in [1.165, 1.54) is 11.1 Å². The summed E-state index contributed by atoms with van der Waals surface area (Å²) in [4.78, 5) is 21.8. The molecule has 0 unspecified atom stereocenters. The molecule has 0 radical (unpaired) electrons. The molecule has 1 aliphatic carbocycles. The number of ether oxygens (including phenoxy) is 1. The maximum atomic E-state index is 13.9. The van der Waals surface area contributed by atoms with Crippen LogP contribution in [-0.4, -0.2) is 88.8 Å². The van der Waals surface area contributed by atoms with Gasteiger partial charge in [0.1, 0.15) is 0 Å². The van der Waals surface area contributed by atoms with Crippen molar-refractivity contribution < 1.29 is 19.7 Å². The quantitative estimate of drug-likeness (QED) is 0.410. The number of aromatic nitrogens is 3. The van der Waals surface area contributed by atoms with Gasteiger partial charge in [0, 0.05) is 56.0 Å². The van der Waals surface area contributed by atoms with Crippen LogP contribution in [0.1, 0.15) is 36.0 Å². The molecular formula is C26H33N5O4. The van der Waals surface area contributed by atoms with Crippen molar-refractivity contribution in [1.29, 1.82) is 0 Å². The molecule has 3 aliphatic rings. The normalized spacial score (nSPS) is 19.6. The Morgan fingerprint density at radius 1 is 1.06 bits per heavy atom. The number of amides is 1. The van der Waals surface area contributed by atoms with E-state index >= 15 is 0 Å². The summed E-state index contributed by atoms with van der Waals surface area (Å²) in [5.74, 6) is -0.0153. The Balaban J connectivity index is 1.47. The Labute approximate surface area is 204 Å². The van der Waals surface area contributed by atoms with Crippen molar-refractivity contribution in [2.75, 3.05) is 57.5 Å². The van der Waals surface area contributed by atoms with Gasteiger partial charge in [-0.1, -0.05) is 0 Å². The van der Waals surface area contributed by atoms with Crippen molar-refractivity contribution in [3.8, 4) is 11.4 Å². The highest BCUT2D eigenvalue weighted by Gasteiger charge is 2.50. The van der Waals surface area contributed by atoms with Gasteiger partial charge in [0.05, 0.1) is 36.2 Å². The number of H-pyrrole nitrogens is 2. The number of benzene rings is 1. The van der Waals surface area contributed by atoms with Crippen molar-refractivity contribution in [3.05, 3.63) is 35.0 Å². The molecule has 1 saturated heterocycles. The number of nitrogens with zero attached hydrogens (tertiary/aromatic N) is 3. The second-order valence-electron chi connectivity index (χ2n) is 9.96. The number of nitrogens with one attached hydrogen (secondary N) is 2. The predicted molar refractivity (Wildman–Crippen MR) is 133 cm³/mol. The van der Waals surface area contributed by atoms with Crippen LogP contribution in [0.15, 0.2) is 18.3 Å². The summed E-state index contributed by atoms with van der Waals surface area (Å²) in [6.07, 6.45) is 5.49. The largest absolute Gasteiger partial charge is 0.396 e. The summed E-state index contributed by atoms with van der Waals surface area (Å²) in [6, 6.07) is 4.25. The molecule has 9 heteroatoms.